The lowest BCUT2D eigenvalue weighted by Crippen LogP contribution is -2.17. The van der Waals surface area contributed by atoms with Gasteiger partial charge in [0.25, 0.3) is 0 Å². The third-order valence-electron chi connectivity index (χ3n) is 2.63. The molecule has 0 aliphatic rings. The summed E-state index contributed by atoms with van der Waals surface area (Å²) in [6.45, 7) is 6.30. The molecule has 1 rings (SSSR count). The van der Waals surface area contributed by atoms with E-state index in [9.17, 15) is 13.2 Å². The maximum Gasteiger partial charge on any atom is 0.416 e. The number of hydrogen-bond donors (Lipinski definition) is 2. The molecule has 0 saturated carbocycles. The van der Waals surface area contributed by atoms with Gasteiger partial charge in [0, 0.05) is 12.6 Å². The molecule has 108 valence electrons. The summed E-state index contributed by atoms with van der Waals surface area (Å²) in [5.41, 5.74) is -0.690. The van der Waals surface area contributed by atoms with Crippen LogP contribution in [0.2, 0.25) is 0 Å². The molecular formula is C13H20F3N3. The summed E-state index contributed by atoms with van der Waals surface area (Å²) in [7, 11) is 0. The Morgan fingerprint density at radius 2 is 1.84 bits per heavy atom. The molecule has 0 radical (unpaired) electrons. The van der Waals surface area contributed by atoms with Gasteiger partial charge in [0.05, 0.1) is 5.56 Å². The predicted molar refractivity (Wildman–Crippen MR) is 71.4 cm³/mol. The Labute approximate surface area is 111 Å². The second-order valence-electron chi connectivity index (χ2n) is 4.49. The average Bonchev–Trinajstić information content (AvgIpc) is 2.28. The molecule has 1 aromatic heterocycles. The third-order valence-corrected chi connectivity index (χ3v) is 2.63. The maximum absolute atomic E-state index is 12.8. The molecule has 2 N–H and O–H groups in total. The van der Waals surface area contributed by atoms with E-state index in [4.69, 9.17) is 0 Å². The van der Waals surface area contributed by atoms with Crippen molar-refractivity contribution < 1.29 is 13.2 Å². The summed E-state index contributed by atoms with van der Waals surface area (Å²) in [5, 5.41) is 5.82. The highest BCUT2D eigenvalue weighted by atomic mass is 19.4. The highest BCUT2D eigenvalue weighted by Crippen LogP contribution is 2.32. The Bertz CT molecular complexity index is 405. The summed E-state index contributed by atoms with van der Waals surface area (Å²) in [6.07, 6.45) is -2.51. The molecule has 0 fully saturated rings. The fourth-order valence-corrected chi connectivity index (χ4v) is 1.80. The molecule has 0 saturated heterocycles. The molecule has 1 unspecified atom stereocenters. The van der Waals surface area contributed by atoms with Crippen molar-refractivity contribution in [3.63, 3.8) is 0 Å². The molecule has 1 aromatic rings. The van der Waals surface area contributed by atoms with E-state index in [1.54, 1.807) is 0 Å². The number of hydrogen-bond acceptors (Lipinski definition) is 3. The highest BCUT2D eigenvalue weighted by molar-refractivity contribution is 5.50. The molecule has 0 aliphatic carbocycles. The number of anilines is 2. The van der Waals surface area contributed by atoms with Gasteiger partial charge in [-0.1, -0.05) is 13.3 Å². The zero-order valence-corrected chi connectivity index (χ0v) is 11.4. The van der Waals surface area contributed by atoms with Gasteiger partial charge in [-0.25, -0.2) is 4.98 Å². The SMILES string of the molecule is CCCC(C)Nc1cc(C(F)(F)F)cc(NCC)n1. The molecule has 0 aliphatic heterocycles. The van der Waals surface area contributed by atoms with Crippen molar-refractivity contribution in [1.29, 1.82) is 0 Å². The molecule has 0 bridgehead atoms. The Balaban J connectivity index is 2.99. The lowest BCUT2D eigenvalue weighted by Gasteiger charge is -2.16. The molecule has 19 heavy (non-hydrogen) atoms. The van der Waals surface area contributed by atoms with E-state index < -0.39 is 11.7 Å². The number of rotatable bonds is 6. The normalized spacial score (nSPS) is 13.2. The van der Waals surface area contributed by atoms with E-state index in [0.717, 1.165) is 25.0 Å². The number of nitrogens with zero attached hydrogens (tertiary/aromatic N) is 1. The molecule has 1 heterocycles. The molecule has 3 nitrogen and oxygen atoms in total. The number of alkyl halides is 3. The fraction of sp³-hybridized carbons (Fsp3) is 0.615. The van der Waals surface area contributed by atoms with Crippen molar-refractivity contribution in [1.82, 2.24) is 4.98 Å². The minimum absolute atomic E-state index is 0.0930. The second kappa shape index (κ2) is 6.63. The van der Waals surface area contributed by atoms with Crippen LogP contribution < -0.4 is 10.6 Å². The Morgan fingerprint density at radius 1 is 1.21 bits per heavy atom. The molecule has 6 heteroatoms. The fourth-order valence-electron chi connectivity index (χ4n) is 1.80. The summed E-state index contributed by atoms with van der Waals surface area (Å²) in [5.74, 6) is 0.496. The van der Waals surface area contributed by atoms with Crippen LogP contribution in [0.15, 0.2) is 12.1 Å². The van der Waals surface area contributed by atoms with Gasteiger partial charge in [0.15, 0.2) is 0 Å². The van der Waals surface area contributed by atoms with Crippen LogP contribution in [0.3, 0.4) is 0 Å². The van der Waals surface area contributed by atoms with Crippen LogP contribution in [0, 0.1) is 0 Å². The van der Waals surface area contributed by atoms with Gasteiger partial charge in [-0.15, -0.1) is 0 Å². The molecular weight excluding hydrogens is 255 g/mol. The van der Waals surface area contributed by atoms with Crippen molar-refractivity contribution in [3.05, 3.63) is 17.7 Å². The first-order chi connectivity index (χ1) is 8.86. The van der Waals surface area contributed by atoms with Crippen molar-refractivity contribution >= 4 is 11.6 Å². The van der Waals surface area contributed by atoms with Gasteiger partial charge < -0.3 is 10.6 Å². The van der Waals surface area contributed by atoms with E-state index in [1.807, 2.05) is 20.8 Å². The second-order valence-corrected chi connectivity index (χ2v) is 4.49. The zero-order valence-electron chi connectivity index (χ0n) is 11.4. The minimum Gasteiger partial charge on any atom is -0.370 e. The topological polar surface area (TPSA) is 37.0 Å². The highest BCUT2D eigenvalue weighted by Gasteiger charge is 2.31. The third kappa shape index (κ3) is 4.96. The number of halogens is 3. The van der Waals surface area contributed by atoms with E-state index >= 15 is 0 Å². The van der Waals surface area contributed by atoms with Crippen LogP contribution in [0.25, 0.3) is 0 Å². The van der Waals surface area contributed by atoms with E-state index in [1.165, 1.54) is 0 Å². The molecule has 1 atom stereocenters. The quantitative estimate of drug-likeness (QED) is 0.819. The maximum atomic E-state index is 12.8. The minimum atomic E-state index is -4.36. The number of pyridine rings is 1. The smallest absolute Gasteiger partial charge is 0.370 e. The van der Waals surface area contributed by atoms with Crippen LogP contribution in [0.5, 0.6) is 0 Å². The number of nitrogens with one attached hydrogen (secondary N) is 2. The predicted octanol–water partition coefficient (Wildman–Crippen LogP) is 4.13. The molecule has 0 amide bonds. The van der Waals surface area contributed by atoms with Crippen LogP contribution >= 0.6 is 0 Å². The van der Waals surface area contributed by atoms with E-state index in [2.05, 4.69) is 15.6 Å². The van der Waals surface area contributed by atoms with Gasteiger partial charge in [0.2, 0.25) is 0 Å². The van der Waals surface area contributed by atoms with Gasteiger partial charge >= 0.3 is 6.18 Å². The van der Waals surface area contributed by atoms with Crippen molar-refractivity contribution in [2.45, 2.75) is 45.8 Å². The zero-order chi connectivity index (χ0) is 14.5. The first-order valence-electron chi connectivity index (χ1n) is 6.46. The number of aromatic nitrogens is 1. The van der Waals surface area contributed by atoms with Gasteiger partial charge in [-0.2, -0.15) is 13.2 Å². The standard InChI is InChI=1S/C13H20F3N3/c1-4-6-9(3)18-12-8-10(13(14,15)16)7-11(19-12)17-5-2/h7-9H,4-6H2,1-3H3,(H2,17,18,19). The van der Waals surface area contributed by atoms with Crippen LogP contribution in [0.1, 0.15) is 39.2 Å². The van der Waals surface area contributed by atoms with Gasteiger partial charge in [0.1, 0.15) is 11.6 Å². The lowest BCUT2D eigenvalue weighted by molar-refractivity contribution is -0.137. The van der Waals surface area contributed by atoms with E-state index in [0.29, 0.717) is 6.54 Å². The van der Waals surface area contributed by atoms with Crippen LogP contribution in [-0.4, -0.2) is 17.6 Å². The van der Waals surface area contributed by atoms with Crippen molar-refractivity contribution in [3.8, 4) is 0 Å². The Morgan fingerprint density at radius 3 is 2.37 bits per heavy atom. The summed E-state index contributed by atoms with van der Waals surface area (Å²) >= 11 is 0. The summed E-state index contributed by atoms with van der Waals surface area (Å²) in [4.78, 5) is 4.14. The largest absolute Gasteiger partial charge is 0.416 e. The van der Waals surface area contributed by atoms with E-state index in [-0.39, 0.29) is 17.7 Å². The molecule has 0 aromatic carbocycles. The first kappa shape index (κ1) is 15.6. The van der Waals surface area contributed by atoms with Crippen LogP contribution in [0.4, 0.5) is 24.8 Å². The van der Waals surface area contributed by atoms with Crippen molar-refractivity contribution in [2.75, 3.05) is 17.2 Å². The Kier molecular flexibility index (Phi) is 5.44. The average molecular weight is 275 g/mol. The Hall–Kier alpha value is -1.46. The first-order valence-corrected chi connectivity index (χ1v) is 6.46. The lowest BCUT2D eigenvalue weighted by atomic mass is 10.2. The monoisotopic (exact) mass is 275 g/mol. The molecule has 0 spiro atoms. The van der Waals surface area contributed by atoms with Crippen molar-refractivity contribution in [2.24, 2.45) is 0 Å². The summed E-state index contributed by atoms with van der Waals surface area (Å²) < 4.78 is 38.4. The summed E-state index contributed by atoms with van der Waals surface area (Å²) in [6, 6.07) is 2.17. The van der Waals surface area contributed by atoms with Crippen LogP contribution in [-0.2, 0) is 6.18 Å². The van der Waals surface area contributed by atoms with Gasteiger partial charge in [-0.3, -0.25) is 0 Å². The van der Waals surface area contributed by atoms with Gasteiger partial charge in [-0.05, 0) is 32.4 Å².